The fourth-order valence-electron chi connectivity index (χ4n) is 3.67. The molecule has 0 radical (unpaired) electrons. The Hall–Kier alpha value is -1.58. The molecule has 1 aromatic rings. The molecule has 0 saturated carbocycles. The van der Waals surface area contributed by atoms with E-state index in [0.29, 0.717) is 0 Å². The van der Waals surface area contributed by atoms with Gasteiger partial charge in [-0.2, -0.15) is 0 Å². The molecule has 0 spiro atoms. The monoisotopic (exact) mass is 287 g/mol. The largest absolute Gasteiger partial charge is 0.356 e. The smallest absolute Gasteiger partial charge is 0.219 e. The number of hydrogen-bond donors (Lipinski definition) is 0. The molecule has 2 aliphatic rings. The third-order valence-electron chi connectivity index (χ3n) is 4.74. The Labute approximate surface area is 127 Å². The Bertz CT molecular complexity index is 497. The average molecular weight is 287 g/mol. The van der Waals surface area contributed by atoms with Crippen LogP contribution in [0.4, 0.5) is 5.82 Å². The molecule has 0 bridgehead atoms. The summed E-state index contributed by atoms with van der Waals surface area (Å²) in [5.74, 6) is 1.29. The average Bonchev–Trinajstić information content (AvgIpc) is 2.55. The maximum Gasteiger partial charge on any atom is 0.219 e. The number of piperidine rings is 2. The van der Waals surface area contributed by atoms with Crippen molar-refractivity contribution in [2.75, 3.05) is 24.5 Å². The number of nitrogens with zero attached hydrogens (tertiary/aromatic N) is 3. The Morgan fingerprint density at radius 2 is 1.90 bits per heavy atom. The third-order valence-corrected chi connectivity index (χ3v) is 4.74. The molecule has 0 aromatic carbocycles. The van der Waals surface area contributed by atoms with Crippen LogP contribution < -0.4 is 4.90 Å². The highest BCUT2D eigenvalue weighted by molar-refractivity contribution is 5.74. The molecule has 1 unspecified atom stereocenters. The van der Waals surface area contributed by atoms with E-state index in [2.05, 4.69) is 16.0 Å². The van der Waals surface area contributed by atoms with Crippen LogP contribution in [0.15, 0.2) is 18.3 Å². The summed E-state index contributed by atoms with van der Waals surface area (Å²) in [4.78, 5) is 21.1. The Balaban J connectivity index is 1.91. The summed E-state index contributed by atoms with van der Waals surface area (Å²) in [6.07, 6.45) is 9.08. The van der Waals surface area contributed by atoms with Crippen molar-refractivity contribution in [3.63, 3.8) is 0 Å². The van der Waals surface area contributed by atoms with Gasteiger partial charge in [-0.1, -0.05) is 6.07 Å². The number of hydrogen-bond acceptors (Lipinski definition) is 3. The van der Waals surface area contributed by atoms with Gasteiger partial charge in [-0.05, 0) is 44.6 Å². The van der Waals surface area contributed by atoms with Crippen LogP contribution >= 0.6 is 0 Å². The lowest BCUT2D eigenvalue weighted by Crippen LogP contribution is -2.38. The van der Waals surface area contributed by atoms with Crippen LogP contribution in [0.5, 0.6) is 0 Å². The van der Waals surface area contributed by atoms with Crippen molar-refractivity contribution >= 4 is 11.7 Å². The zero-order valence-electron chi connectivity index (χ0n) is 12.9. The topological polar surface area (TPSA) is 36.4 Å². The fourth-order valence-corrected chi connectivity index (χ4v) is 3.67. The van der Waals surface area contributed by atoms with Crippen LogP contribution in [0.2, 0.25) is 0 Å². The molecular formula is C17H25N3O. The number of rotatable bonds is 2. The summed E-state index contributed by atoms with van der Waals surface area (Å²) in [6, 6.07) is 4.39. The van der Waals surface area contributed by atoms with Crippen LogP contribution in [-0.4, -0.2) is 35.4 Å². The molecule has 114 valence electrons. The van der Waals surface area contributed by atoms with Crippen molar-refractivity contribution in [2.45, 2.75) is 51.5 Å². The number of carbonyl (C=O) groups is 1. The van der Waals surface area contributed by atoms with Gasteiger partial charge in [-0.25, -0.2) is 4.98 Å². The minimum absolute atomic E-state index is 0.188. The number of pyridine rings is 1. The number of carbonyl (C=O) groups excluding carboxylic acids is 1. The molecule has 4 nitrogen and oxygen atoms in total. The first-order valence-corrected chi connectivity index (χ1v) is 8.24. The zero-order chi connectivity index (χ0) is 14.7. The first kappa shape index (κ1) is 14.4. The Morgan fingerprint density at radius 3 is 2.67 bits per heavy atom. The van der Waals surface area contributed by atoms with Crippen molar-refractivity contribution in [1.82, 2.24) is 9.88 Å². The summed E-state index contributed by atoms with van der Waals surface area (Å²) < 4.78 is 0. The van der Waals surface area contributed by atoms with Gasteiger partial charge in [0.15, 0.2) is 0 Å². The zero-order valence-corrected chi connectivity index (χ0v) is 12.9. The van der Waals surface area contributed by atoms with Crippen molar-refractivity contribution in [1.29, 1.82) is 0 Å². The minimum atomic E-state index is 0.188. The molecule has 2 aliphatic heterocycles. The fraction of sp³-hybridized carbons (Fsp3) is 0.647. The second-order valence-corrected chi connectivity index (χ2v) is 6.19. The van der Waals surface area contributed by atoms with Gasteiger partial charge in [0.1, 0.15) is 5.82 Å². The maximum atomic E-state index is 12.0. The van der Waals surface area contributed by atoms with Crippen molar-refractivity contribution in [3.05, 3.63) is 23.9 Å². The van der Waals surface area contributed by atoms with Crippen LogP contribution in [0, 0.1) is 0 Å². The predicted octanol–water partition coefficient (Wildman–Crippen LogP) is 3.15. The standard InChI is InChI=1S/C17H25N3O/c1-14(21)20-13-6-3-9-16(20)15-8-7-10-18-17(15)19-11-4-2-5-12-19/h7-8,10,16H,2-6,9,11-13H2,1H3. The second-order valence-electron chi connectivity index (χ2n) is 6.19. The Morgan fingerprint density at radius 1 is 1.14 bits per heavy atom. The first-order valence-electron chi connectivity index (χ1n) is 8.24. The molecule has 3 heterocycles. The van der Waals surface area contributed by atoms with Crippen LogP contribution in [0.3, 0.4) is 0 Å². The second kappa shape index (κ2) is 6.46. The van der Waals surface area contributed by atoms with Gasteiger partial charge in [0, 0.05) is 38.3 Å². The SMILES string of the molecule is CC(=O)N1CCCCC1c1cccnc1N1CCCCC1. The third kappa shape index (κ3) is 3.04. The van der Waals surface area contributed by atoms with Crippen LogP contribution in [-0.2, 0) is 4.79 Å². The molecule has 2 saturated heterocycles. The molecule has 1 aromatic heterocycles. The van der Waals surface area contributed by atoms with E-state index in [-0.39, 0.29) is 11.9 Å². The van der Waals surface area contributed by atoms with E-state index in [0.717, 1.165) is 38.3 Å². The van der Waals surface area contributed by atoms with E-state index < -0.39 is 0 Å². The highest BCUT2D eigenvalue weighted by Crippen LogP contribution is 2.36. The summed E-state index contributed by atoms with van der Waals surface area (Å²) in [5.41, 5.74) is 1.24. The Kier molecular flexibility index (Phi) is 4.42. The van der Waals surface area contributed by atoms with Gasteiger partial charge in [0.05, 0.1) is 6.04 Å². The molecular weight excluding hydrogens is 262 g/mol. The van der Waals surface area contributed by atoms with Gasteiger partial charge >= 0.3 is 0 Å². The summed E-state index contributed by atoms with van der Waals surface area (Å²) in [6.45, 7) is 4.76. The normalized spacial score (nSPS) is 23.2. The highest BCUT2D eigenvalue weighted by atomic mass is 16.2. The lowest BCUT2D eigenvalue weighted by molar-refractivity contribution is -0.132. The maximum absolute atomic E-state index is 12.0. The quantitative estimate of drug-likeness (QED) is 0.838. The van der Waals surface area contributed by atoms with Crippen molar-refractivity contribution in [2.24, 2.45) is 0 Å². The number of aromatic nitrogens is 1. The molecule has 0 aliphatic carbocycles. The predicted molar refractivity (Wildman–Crippen MR) is 84.3 cm³/mol. The van der Waals surface area contributed by atoms with E-state index >= 15 is 0 Å². The van der Waals surface area contributed by atoms with Gasteiger partial charge in [-0.3, -0.25) is 4.79 Å². The van der Waals surface area contributed by atoms with E-state index in [1.54, 1.807) is 6.92 Å². The minimum Gasteiger partial charge on any atom is -0.356 e. The van der Waals surface area contributed by atoms with E-state index in [1.807, 2.05) is 17.2 Å². The molecule has 1 atom stereocenters. The van der Waals surface area contributed by atoms with E-state index in [4.69, 9.17) is 0 Å². The highest BCUT2D eigenvalue weighted by Gasteiger charge is 2.29. The van der Waals surface area contributed by atoms with Crippen molar-refractivity contribution in [3.8, 4) is 0 Å². The van der Waals surface area contributed by atoms with Gasteiger partial charge in [-0.15, -0.1) is 0 Å². The van der Waals surface area contributed by atoms with E-state index in [9.17, 15) is 4.79 Å². The molecule has 2 fully saturated rings. The lowest BCUT2D eigenvalue weighted by atomic mass is 9.95. The number of likely N-dealkylation sites (tertiary alicyclic amines) is 1. The summed E-state index contributed by atoms with van der Waals surface area (Å²) in [5, 5.41) is 0. The molecule has 4 heteroatoms. The lowest BCUT2D eigenvalue weighted by Gasteiger charge is -2.38. The summed E-state index contributed by atoms with van der Waals surface area (Å²) >= 11 is 0. The van der Waals surface area contributed by atoms with Gasteiger partial charge in [0.25, 0.3) is 0 Å². The number of amides is 1. The van der Waals surface area contributed by atoms with Crippen LogP contribution in [0.1, 0.15) is 57.1 Å². The molecule has 3 rings (SSSR count). The molecule has 1 amide bonds. The van der Waals surface area contributed by atoms with E-state index in [1.165, 1.54) is 31.2 Å². The van der Waals surface area contributed by atoms with Crippen LogP contribution in [0.25, 0.3) is 0 Å². The first-order chi connectivity index (χ1) is 10.3. The molecule has 0 N–H and O–H groups in total. The van der Waals surface area contributed by atoms with Gasteiger partial charge < -0.3 is 9.80 Å². The number of anilines is 1. The van der Waals surface area contributed by atoms with Gasteiger partial charge in [0.2, 0.25) is 5.91 Å². The van der Waals surface area contributed by atoms with Crippen molar-refractivity contribution < 1.29 is 4.79 Å². The summed E-state index contributed by atoms with van der Waals surface area (Å²) in [7, 11) is 0. The molecule has 21 heavy (non-hydrogen) atoms.